The van der Waals surface area contributed by atoms with Gasteiger partial charge in [0.1, 0.15) is 23.4 Å². The van der Waals surface area contributed by atoms with Crippen LogP contribution in [0.1, 0.15) is 17.3 Å². The van der Waals surface area contributed by atoms with Gasteiger partial charge in [0.25, 0.3) is 5.91 Å². The maximum atomic E-state index is 13.4. The predicted molar refractivity (Wildman–Crippen MR) is 98.8 cm³/mol. The molecule has 1 fully saturated rings. The summed E-state index contributed by atoms with van der Waals surface area (Å²) < 4.78 is 23.9. The Hall–Kier alpha value is -3.09. The summed E-state index contributed by atoms with van der Waals surface area (Å²) in [5.74, 6) is 0.0765. The standard InChI is InChI=1S/C20H21FN2O4/c1-13-19(24)23(16-10-17(26-2)12-18(11-16)27-3)8-7-22(13)20(25)14-5-4-6-15(21)9-14/h4-6,9-13H,7-8H2,1-3H3. The molecule has 1 unspecified atom stereocenters. The summed E-state index contributed by atoms with van der Waals surface area (Å²) in [6, 6.07) is 10.0. The highest BCUT2D eigenvalue weighted by atomic mass is 19.1. The van der Waals surface area contributed by atoms with Gasteiger partial charge in [-0.15, -0.1) is 0 Å². The minimum Gasteiger partial charge on any atom is -0.497 e. The van der Waals surface area contributed by atoms with Gasteiger partial charge < -0.3 is 19.3 Å². The van der Waals surface area contributed by atoms with Crippen molar-refractivity contribution in [1.82, 2.24) is 4.90 Å². The summed E-state index contributed by atoms with van der Waals surface area (Å²) in [4.78, 5) is 28.7. The molecule has 2 aromatic carbocycles. The average molecular weight is 372 g/mol. The number of halogens is 1. The fourth-order valence-electron chi connectivity index (χ4n) is 3.14. The van der Waals surface area contributed by atoms with Crippen molar-refractivity contribution in [3.63, 3.8) is 0 Å². The molecule has 0 N–H and O–H groups in total. The van der Waals surface area contributed by atoms with Crippen LogP contribution in [0.15, 0.2) is 42.5 Å². The number of methoxy groups -OCH3 is 2. The molecule has 1 aliphatic heterocycles. The first-order chi connectivity index (χ1) is 12.9. The second-order valence-corrected chi connectivity index (χ2v) is 6.25. The zero-order valence-electron chi connectivity index (χ0n) is 15.4. The summed E-state index contributed by atoms with van der Waals surface area (Å²) in [6.45, 7) is 2.32. The maximum absolute atomic E-state index is 13.4. The Morgan fingerprint density at radius 3 is 2.33 bits per heavy atom. The normalized spacial score (nSPS) is 17.0. The number of carbonyl (C=O) groups is 2. The highest BCUT2D eigenvalue weighted by molar-refractivity contribution is 6.03. The van der Waals surface area contributed by atoms with Crippen molar-refractivity contribution < 1.29 is 23.5 Å². The highest BCUT2D eigenvalue weighted by Crippen LogP contribution is 2.30. The van der Waals surface area contributed by atoms with Gasteiger partial charge in [0.05, 0.1) is 19.9 Å². The van der Waals surface area contributed by atoms with Gasteiger partial charge in [-0.05, 0) is 25.1 Å². The lowest BCUT2D eigenvalue weighted by Gasteiger charge is -2.39. The first-order valence-electron chi connectivity index (χ1n) is 8.55. The molecule has 0 aromatic heterocycles. The summed E-state index contributed by atoms with van der Waals surface area (Å²) >= 11 is 0. The van der Waals surface area contributed by atoms with Crippen molar-refractivity contribution in [3.05, 3.63) is 53.8 Å². The molecule has 7 heteroatoms. The second kappa shape index (κ2) is 7.65. The zero-order chi connectivity index (χ0) is 19.6. The Bertz CT molecular complexity index is 849. The smallest absolute Gasteiger partial charge is 0.254 e. The number of rotatable bonds is 4. The Morgan fingerprint density at radius 1 is 1.07 bits per heavy atom. The lowest BCUT2D eigenvalue weighted by atomic mass is 10.1. The third-order valence-corrected chi connectivity index (χ3v) is 4.64. The van der Waals surface area contributed by atoms with Gasteiger partial charge in [0.2, 0.25) is 5.91 Å². The molecule has 1 aliphatic rings. The quantitative estimate of drug-likeness (QED) is 0.828. The van der Waals surface area contributed by atoms with Gasteiger partial charge in [0.15, 0.2) is 0 Å². The maximum Gasteiger partial charge on any atom is 0.254 e. The lowest BCUT2D eigenvalue weighted by Crippen LogP contribution is -2.57. The van der Waals surface area contributed by atoms with Gasteiger partial charge in [-0.25, -0.2) is 4.39 Å². The molecule has 6 nitrogen and oxygen atoms in total. The average Bonchev–Trinajstić information content (AvgIpc) is 2.69. The zero-order valence-corrected chi connectivity index (χ0v) is 15.4. The van der Waals surface area contributed by atoms with Crippen LogP contribution in [0.5, 0.6) is 11.5 Å². The van der Waals surface area contributed by atoms with E-state index in [9.17, 15) is 14.0 Å². The topological polar surface area (TPSA) is 59.1 Å². The Balaban J connectivity index is 1.83. The SMILES string of the molecule is COc1cc(OC)cc(N2CCN(C(=O)c3cccc(F)c3)C(C)C2=O)c1. The van der Waals surface area contributed by atoms with E-state index in [-0.39, 0.29) is 17.4 Å². The molecule has 1 heterocycles. The van der Waals surface area contributed by atoms with Crippen LogP contribution in [-0.2, 0) is 4.79 Å². The number of hydrogen-bond donors (Lipinski definition) is 0. The predicted octanol–water partition coefficient (Wildman–Crippen LogP) is 2.72. The molecule has 3 rings (SSSR count). The minimum absolute atomic E-state index is 0.221. The van der Waals surface area contributed by atoms with Crippen LogP contribution in [0.3, 0.4) is 0 Å². The number of hydrogen-bond acceptors (Lipinski definition) is 4. The van der Waals surface area contributed by atoms with Crippen LogP contribution < -0.4 is 14.4 Å². The van der Waals surface area contributed by atoms with Gasteiger partial charge in [0, 0.05) is 36.9 Å². The summed E-state index contributed by atoms with van der Waals surface area (Å²) in [5.41, 5.74) is 0.868. The number of amides is 2. The summed E-state index contributed by atoms with van der Waals surface area (Å²) in [7, 11) is 3.08. The molecular formula is C20H21FN2O4. The fourth-order valence-corrected chi connectivity index (χ4v) is 3.14. The van der Waals surface area contributed by atoms with Crippen LogP contribution in [-0.4, -0.2) is 50.1 Å². The van der Waals surface area contributed by atoms with Gasteiger partial charge >= 0.3 is 0 Å². The van der Waals surface area contributed by atoms with Crippen LogP contribution in [0.2, 0.25) is 0 Å². The fraction of sp³-hybridized carbons (Fsp3) is 0.300. The molecular weight excluding hydrogens is 351 g/mol. The Labute approximate surface area is 157 Å². The van der Waals surface area contributed by atoms with Crippen LogP contribution >= 0.6 is 0 Å². The van der Waals surface area contributed by atoms with Crippen molar-refractivity contribution >= 4 is 17.5 Å². The number of nitrogens with zero attached hydrogens (tertiary/aromatic N) is 2. The molecule has 0 spiro atoms. The van der Waals surface area contributed by atoms with Crippen molar-refractivity contribution in [2.24, 2.45) is 0 Å². The van der Waals surface area contributed by atoms with Crippen molar-refractivity contribution in [3.8, 4) is 11.5 Å². The number of anilines is 1. The van der Waals surface area contributed by atoms with E-state index < -0.39 is 11.9 Å². The molecule has 0 bridgehead atoms. The second-order valence-electron chi connectivity index (χ2n) is 6.25. The Kier molecular flexibility index (Phi) is 5.30. The number of benzene rings is 2. The van der Waals surface area contributed by atoms with Gasteiger partial charge in [-0.2, -0.15) is 0 Å². The number of ether oxygens (including phenoxy) is 2. The molecule has 1 atom stereocenters. The van der Waals surface area contributed by atoms with Crippen molar-refractivity contribution in [1.29, 1.82) is 0 Å². The van der Waals surface area contributed by atoms with Crippen LogP contribution in [0.4, 0.5) is 10.1 Å². The number of carbonyl (C=O) groups excluding carboxylic acids is 2. The van der Waals surface area contributed by atoms with E-state index in [2.05, 4.69) is 0 Å². The molecule has 0 radical (unpaired) electrons. The third-order valence-electron chi connectivity index (χ3n) is 4.64. The van der Waals surface area contributed by atoms with E-state index in [4.69, 9.17) is 9.47 Å². The van der Waals surface area contributed by atoms with E-state index in [1.807, 2.05) is 0 Å². The largest absolute Gasteiger partial charge is 0.497 e. The molecule has 0 aliphatic carbocycles. The van der Waals surface area contributed by atoms with E-state index >= 15 is 0 Å². The summed E-state index contributed by atoms with van der Waals surface area (Å²) in [6.07, 6.45) is 0. The first-order valence-corrected chi connectivity index (χ1v) is 8.55. The molecule has 2 amide bonds. The van der Waals surface area contributed by atoms with Crippen molar-refractivity contribution in [2.45, 2.75) is 13.0 Å². The van der Waals surface area contributed by atoms with Crippen LogP contribution in [0, 0.1) is 5.82 Å². The molecule has 1 saturated heterocycles. The molecule has 27 heavy (non-hydrogen) atoms. The summed E-state index contributed by atoms with van der Waals surface area (Å²) in [5, 5.41) is 0. The molecule has 0 saturated carbocycles. The Morgan fingerprint density at radius 2 is 1.74 bits per heavy atom. The number of piperazine rings is 1. The lowest BCUT2D eigenvalue weighted by molar-refractivity contribution is -0.124. The van der Waals surface area contributed by atoms with E-state index in [0.29, 0.717) is 30.3 Å². The molecule has 2 aromatic rings. The highest BCUT2D eigenvalue weighted by Gasteiger charge is 2.35. The van der Waals surface area contributed by atoms with E-state index in [1.54, 1.807) is 50.3 Å². The third kappa shape index (κ3) is 3.72. The van der Waals surface area contributed by atoms with E-state index in [0.717, 1.165) is 0 Å². The minimum atomic E-state index is -0.674. The van der Waals surface area contributed by atoms with E-state index in [1.165, 1.54) is 23.1 Å². The van der Waals surface area contributed by atoms with Crippen LogP contribution in [0.25, 0.3) is 0 Å². The van der Waals surface area contributed by atoms with Crippen molar-refractivity contribution in [2.75, 3.05) is 32.2 Å². The molecule has 142 valence electrons. The van der Waals surface area contributed by atoms with Gasteiger partial charge in [-0.1, -0.05) is 6.07 Å². The van der Waals surface area contributed by atoms with Gasteiger partial charge in [-0.3, -0.25) is 9.59 Å². The first kappa shape index (κ1) is 18.7. The monoisotopic (exact) mass is 372 g/mol.